The van der Waals surface area contributed by atoms with Crippen molar-refractivity contribution >= 4 is 51.3 Å². The number of aryl methyl sites for hydroxylation is 1. The van der Waals surface area contributed by atoms with E-state index in [0.29, 0.717) is 46.8 Å². The summed E-state index contributed by atoms with van der Waals surface area (Å²) in [4.78, 5) is 56.9. The Hall–Kier alpha value is -3.85. The maximum atomic E-state index is 13.4. The second-order valence-electron chi connectivity index (χ2n) is 8.59. The number of pyridine rings is 1. The molecule has 0 bridgehead atoms. The van der Waals surface area contributed by atoms with Crippen molar-refractivity contribution in [1.29, 1.82) is 0 Å². The Balaban J connectivity index is 1.38. The van der Waals surface area contributed by atoms with Crippen LogP contribution in [-0.4, -0.2) is 28.6 Å². The molecule has 1 fully saturated rings. The van der Waals surface area contributed by atoms with Gasteiger partial charge in [0.25, 0.3) is 11.8 Å². The maximum Gasteiger partial charge on any atom is 0.258 e. The van der Waals surface area contributed by atoms with Crippen LogP contribution in [0.25, 0.3) is 0 Å². The van der Waals surface area contributed by atoms with Crippen molar-refractivity contribution in [3.8, 4) is 0 Å². The van der Waals surface area contributed by atoms with Gasteiger partial charge in [-0.2, -0.15) is 0 Å². The summed E-state index contributed by atoms with van der Waals surface area (Å²) in [5, 5.41) is 6.36. The fourth-order valence-electron chi connectivity index (χ4n) is 4.50. The van der Waals surface area contributed by atoms with Crippen LogP contribution in [0.3, 0.4) is 0 Å². The molecule has 0 atom stereocenters. The van der Waals surface area contributed by atoms with Crippen LogP contribution >= 0.6 is 11.3 Å². The van der Waals surface area contributed by atoms with Crippen molar-refractivity contribution in [3.05, 3.63) is 70.4 Å². The Morgan fingerprint density at radius 2 is 1.60 bits per heavy atom. The molecule has 1 aliphatic carbocycles. The summed E-state index contributed by atoms with van der Waals surface area (Å²) in [6.07, 6.45) is 8.08. The molecule has 2 N–H and O–H groups in total. The van der Waals surface area contributed by atoms with Crippen molar-refractivity contribution in [2.24, 2.45) is 0 Å². The summed E-state index contributed by atoms with van der Waals surface area (Å²) >= 11 is 1.45. The number of thiophene rings is 1. The second-order valence-corrected chi connectivity index (χ2v) is 9.69. The van der Waals surface area contributed by atoms with Crippen LogP contribution in [0.5, 0.6) is 0 Å². The largest absolute Gasteiger partial charge is 0.322 e. The number of benzene rings is 1. The van der Waals surface area contributed by atoms with Crippen molar-refractivity contribution in [2.45, 2.75) is 44.9 Å². The minimum Gasteiger partial charge on any atom is -0.322 e. The summed E-state index contributed by atoms with van der Waals surface area (Å²) < 4.78 is 0. The molecule has 0 saturated carbocycles. The zero-order valence-corrected chi connectivity index (χ0v) is 19.8. The first-order chi connectivity index (χ1) is 17.0. The molecule has 0 radical (unpaired) electrons. The highest BCUT2D eigenvalue weighted by atomic mass is 32.1. The molecule has 2 aliphatic rings. The molecule has 9 heteroatoms. The first-order valence-electron chi connectivity index (χ1n) is 11.6. The predicted molar refractivity (Wildman–Crippen MR) is 134 cm³/mol. The number of hydrogen-bond acceptors (Lipinski definition) is 6. The standard InChI is InChI=1S/C26H24N4O4S/c31-21-8-3-9-22(32)30(21)18-12-10-17(11-13-18)28-25(34)23-19-6-1-2-7-20(19)35-26(23)29-24(33)16-5-4-14-27-15-16/h4-5,10-15H,1-3,6-9H2,(H,28,34)(H,29,33). The minimum atomic E-state index is -0.314. The summed E-state index contributed by atoms with van der Waals surface area (Å²) in [6.45, 7) is 0. The lowest BCUT2D eigenvalue weighted by molar-refractivity contribution is -0.129. The van der Waals surface area contributed by atoms with Gasteiger partial charge >= 0.3 is 0 Å². The number of carbonyl (C=O) groups is 4. The number of fused-ring (bicyclic) bond motifs is 1. The van der Waals surface area contributed by atoms with E-state index in [1.54, 1.807) is 42.6 Å². The number of imide groups is 1. The van der Waals surface area contributed by atoms with Gasteiger partial charge in [0.15, 0.2) is 0 Å². The Labute approximate surface area is 206 Å². The van der Waals surface area contributed by atoms with Crippen molar-refractivity contribution in [2.75, 3.05) is 15.5 Å². The van der Waals surface area contributed by atoms with E-state index >= 15 is 0 Å². The van der Waals surface area contributed by atoms with Crippen molar-refractivity contribution in [1.82, 2.24) is 4.98 Å². The maximum absolute atomic E-state index is 13.4. The van der Waals surface area contributed by atoms with Crippen LogP contribution in [0, 0.1) is 0 Å². The SMILES string of the molecule is O=C(Nc1sc2c(c1C(=O)Nc1ccc(N3C(=O)CCCC3=O)cc1)CCCC2)c1cccnc1. The van der Waals surface area contributed by atoms with E-state index in [0.717, 1.165) is 36.1 Å². The van der Waals surface area contributed by atoms with E-state index in [1.807, 2.05) is 0 Å². The Kier molecular flexibility index (Phi) is 6.41. The summed E-state index contributed by atoms with van der Waals surface area (Å²) in [5.74, 6) is -1.04. The van der Waals surface area contributed by atoms with Gasteiger partial charge in [0, 0.05) is 35.8 Å². The number of carbonyl (C=O) groups excluding carboxylic acids is 4. The first-order valence-corrected chi connectivity index (χ1v) is 12.5. The predicted octanol–water partition coefficient (Wildman–Crippen LogP) is 4.57. The van der Waals surface area contributed by atoms with Crippen LogP contribution in [-0.2, 0) is 22.4 Å². The zero-order valence-electron chi connectivity index (χ0n) is 19.0. The van der Waals surface area contributed by atoms with Crippen LogP contribution in [0.2, 0.25) is 0 Å². The minimum absolute atomic E-state index is 0.211. The van der Waals surface area contributed by atoms with Gasteiger partial charge < -0.3 is 10.6 Å². The summed E-state index contributed by atoms with van der Waals surface area (Å²) in [5.41, 5.74) is 2.93. The molecule has 2 aromatic heterocycles. The van der Waals surface area contributed by atoms with Crippen LogP contribution in [0.15, 0.2) is 48.8 Å². The topological polar surface area (TPSA) is 108 Å². The Morgan fingerprint density at radius 1 is 0.857 bits per heavy atom. The van der Waals surface area contributed by atoms with Crippen molar-refractivity contribution in [3.63, 3.8) is 0 Å². The lowest BCUT2D eigenvalue weighted by atomic mass is 9.95. The lowest BCUT2D eigenvalue weighted by Gasteiger charge is -2.25. The van der Waals surface area contributed by atoms with E-state index in [9.17, 15) is 19.2 Å². The number of nitrogens with one attached hydrogen (secondary N) is 2. The van der Waals surface area contributed by atoms with Gasteiger partial charge in [-0.3, -0.25) is 29.1 Å². The molecule has 1 saturated heterocycles. The molecular formula is C26H24N4O4S. The van der Waals surface area contributed by atoms with E-state index in [2.05, 4.69) is 15.6 Å². The molecule has 8 nitrogen and oxygen atoms in total. The first kappa shape index (κ1) is 22.9. The average molecular weight is 489 g/mol. The van der Waals surface area contributed by atoms with Gasteiger partial charge in [-0.05, 0) is 74.1 Å². The second kappa shape index (κ2) is 9.79. The van der Waals surface area contributed by atoms with Crippen molar-refractivity contribution < 1.29 is 19.2 Å². The highest BCUT2D eigenvalue weighted by molar-refractivity contribution is 7.17. The number of hydrogen-bond donors (Lipinski definition) is 2. The molecule has 5 rings (SSSR count). The molecule has 178 valence electrons. The van der Waals surface area contributed by atoms with Gasteiger partial charge in [-0.1, -0.05) is 0 Å². The number of aromatic nitrogens is 1. The third-order valence-electron chi connectivity index (χ3n) is 6.21. The molecule has 35 heavy (non-hydrogen) atoms. The van der Waals surface area contributed by atoms with Gasteiger partial charge in [-0.15, -0.1) is 11.3 Å². The van der Waals surface area contributed by atoms with Gasteiger partial charge in [0.1, 0.15) is 5.00 Å². The number of amides is 4. The number of anilines is 3. The molecule has 0 spiro atoms. The highest BCUT2D eigenvalue weighted by Gasteiger charge is 2.28. The molecule has 0 unspecified atom stereocenters. The normalized spacial score (nSPS) is 15.5. The van der Waals surface area contributed by atoms with Gasteiger partial charge in [0.2, 0.25) is 11.8 Å². The van der Waals surface area contributed by atoms with E-state index in [-0.39, 0.29) is 23.6 Å². The van der Waals surface area contributed by atoms with Crippen LogP contribution in [0.1, 0.15) is 63.3 Å². The average Bonchev–Trinajstić information content (AvgIpc) is 3.23. The molecule has 3 aromatic rings. The lowest BCUT2D eigenvalue weighted by Crippen LogP contribution is -2.40. The molecule has 1 aromatic carbocycles. The van der Waals surface area contributed by atoms with E-state index < -0.39 is 0 Å². The Bertz CT molecular complexity index is 1280. The molecule has 4 amide bonds. The Morgan fingerprint density at radius 3 is 2.31 bits per heavy atom. The third kappa shape index (κ3) is 4.72. The molecule has 1 aliphatic heterocycles. The molecular weight excluding hydrogens is 464 g/mol. The van der Waals surface area contributed by atoms with Gasteiger partial charge in [-0.25, -0.2) is 0 Å². The van der Waals surface area contributed by atoms with Crippen LogP contribution < -0.4 is 15.5 Å². The highest BCUT2D eigenvalue weighted by Crippen LogP contribution is 2.39. The fraction of sp³-hybridized carbons (Fsp3) is 0.269. The zero-order chi connectivity index (χ0) is 24.4. The number of piperidine rings is 1. The quantitative estimate of drug-likeness (QED) is 0.512. The monoisotopic (exact) mass is 488 g/mol. The third-order valence-corrected chi connectivity index (χ3v) is 7.42. The number of nitrogens with zero attached hydrogens (tertiary/aromatic N) is 2. The van der Waals surface area contributed by atoms with Gasteiger partial charge in [0.05, 0.1) is 16.8 Å². The number of rotatable bonds is 5. The van der Waals surface area contributed by atoms with Crippen LogP contribution in [0.4, 0.5) is 16.4 Å². The smallest absolute Gasteiger partial charge is 0.258 e. The molecule has 3 heterocycles. The fourth-order valence-corrected chi connectivity index (χ4v) is 5.78. The summed E-state index contributed by atoms with van der Waals surface area (Å²) in [7, 11) is 0. The van der Waals surface area contributed by atoms with E-state index in [1.165, 1.54) is 22.4 Å². The summed E-state index contributed by atoms with van der Waals surface area (Å²) in [6, 6.07) is 10.0. The van der Waals surface area contributed by atoms with E-state index in [4.69, 9.17) is 0 Å².